The molecule has 0 radical (unpaired) electrons. The van der Waals surface area contributed by atoms with E-state index in [0.717, 1.165) is 5.56 Å². The summed E-state index contributed by atoms with van der Waals surface area (Å²) in [5, 5.41) is 0. The van der Waals surface area contributed by atoms with E-state index in [1.54, 1.807) is 24.1 Å². The van der Waals surface area contributed by atoms with Crippen LogP contribution in [0.5, 0.6) is 17.2 Å². The van der Waals surface area contributed by atoms with Crippen LogP contribution in [0.1, 0.15) is 12.5 Å². The zero-order valence-corrected chi connectivity index (χ0v) is 18.5. The molecule has 0 aromatic heterocycles. The van der Waals surface area contributed by atoms with Crippen LogP contribution in [0, 0.1) is 5.82 Å². The number of carbonyl (C=O) groups excluding carboxylic acids is 2. The first kappa shape index (κ1) is 23.5. The Hall–Kier alpha value is -2.81. The first-order chi connectivity index (χ1) is 14.4. The Bertz CT molecular complexity index is 892. The summed E-state index contributed by atoms with van der Waals surface area (Å²) >= 11 is 3.14. The van der Waals surface area contributed by atoms with Crippen molar-refractivity contribution in [3.8, 4) is 17.2 Å². The van der Waals surface area contributed by atoms with Gasteiger partial charge >= 0.3 is 5.97 Å². The maximum absolute atomic E-state index is 13.1. The molecule has 2 aromatic rings. The Morgan fingerprint density at radius 1 is 1.00 bits per heavy atom. The minimum atomic E-state index is -0.707. The molecular formula is C21H23BrFNO6. The fourth-order valence-corrected chi connectivity index (χ4v) is 3.05. The fourth-order valence-electron chi connectivity index (χ4n) is 2.58. The molecule has 1 amide bonds. The lowest BCUT2D eigenvalue weighted by Gasteiger charge is -2.21. The van der Waals surface area contributed by atoms with Crippen LogP contribution < -0.4 is 14.2 Å². The summed E-state index contributed by atoms with van der Waals surface area (Å²) < 4.78 is 34.2. The van der Waals surface area contributed by atoms with Gasteiger partial charge in [-0.1, -0.05) is 6.07 Å². The second-order valence-corrected chi connectivity index (χ2v) is 6.98. The summed E-state index contributed by atoms with van der Waals surface area (Å²) in [6.07, 6.45) is 0. The van der Waals surface area contributed by atoms with Crippen LogP contribution in [-0.4, -0.2) is 50.8 Å². The highest BCUT2D eigenvalue weighted by molar-refractivity contribution is 9.10. The van der Waals surface area contributed by atoms with Crippen molar-refractivity contribution >= 4 is 27.8 Å². The van der Waals surface area contributed by atoms with Gasteiger partial charge in [0.05, 0.1) is 18.7 Å². The van der Waals surface area contributed by atoms with Gasteiger partial charge in [-0.3, -0.25) is 4.79 Å². The molecule has 0 fully saturated rings. The Labute approximate surface area is 182 Å². The molecule has 0 spiro atoms. The van der Waals surface area contributed by atoms with Gasteiger partial charge in [0.1, 0.15) is 11.6 Å². The molecule has 162 valence electrons. The first-order valence-electron chi connectivity index (χ1n) is 9.10. The third-order valence-electron chi connectivity index (χ3n) is 4.15. The van der Waals surface area contributed by atoms with E-state index < -0.39 is 25.0 Å². The molecule has 0 aliphatic heterocycles. The van der Waals surface area contributed by atoms with Crippen molar-refractivity contribution in [2.24, 2.45) is 0 Å². The van der Waals surface area contributed by atoms with Gasteiger partial charge in [-0.25, -0.2) is 9.18 Å². The quantitative estimate of drug-likeness (QED) is 0.480. The van der Waals surface area contributed by atoms with Crippen LogP contribution >= 0.6 is 15.9 Å². The van der Waals surface area contributed by atoms with E-state index in [-0.39, 0.29) is 5.91 Å². The minimum Gasteiger partial charge on any atom is -0.493 e. The molecule has 0 N–H and O–H groups in total. The average Bonchev–Trinajstić information content (AvgIpc) is 2.74. The van der Waals surface area contributed by atoms with Gasteiger partial charge in [-0.15, -0.1) is 0 Å². The highest BCUT2D eigenvalue weighted by Gasteiger charge is 2.16. The van der Waals surface area contributed by atoms with E-state index in [2.05, 4.69) is 15.9 Å². The predicted molar refractivity (Wildman–Crippen MR) is 111 cm³/mol. The molecule has 7 nitrogen and oxygen atoms in total. The number of esters is 1. The van der Waals surface area contributed by atoms with Crippen molar-refractivity contribution in [2.75, 3.05) is 34.0 Å². The fraction of sp³-hybridized carbons (Fsp3) is 0.333. The summed E-state index contributed by atoms with van der Waals surface area (Å²) in [4.78, 5) is 25.9. The normalized spacial score (nSPS) is 10.3. The Kier molecular flexibility index (Phi) is 8.91. The molecule has 0 aliphatic rings. The van der Waals surface area contributed by atoms with E-state index in [0.29, 0.717) is 34.8 Å². The van der Waals surface area contributed by atoms with Crippen molar-refractivity contribution < 1.29 is 32.9 Å². The molecule has 2 aromatic carbocycles. The second kappa shape index (κ2) is 11.4. The van der Waals surface area contributed by atoms with Gasteiger partial charge in [0.25, 0.3) is 5.91 Å². The van der Waals surface area contributed by atoms with Gasteiger partial charge in [-0.2, -0.15) is 0 Å². The van der Waals surface area contributed by atoms with E-state index in [4.69, 9.17) is 18.9 Å². The highest BCUT2D eigenvalue weighted by Crippen LogP contribution is 2.28. The van der Waals surface area contributed by atoms with Crippen molar-refractivity contribution in [1.29, 1.82) is 0 Å². The number of halogens is 2. The van der Waals surface area contributed by atoms with Crippen LogP contribution in [-0.2, 0) is 20.9 Å². The SMILES string of the molecule is CCN(Cc1ccc(OC)c(OC)c1)C(=O)COC(=O)COc1ccc(F)cc1Br. The van der Waals surface area contributed by atoms with Crippen molar-refractivity contribution in [1.82, 2.24) is 4.90 Å². The van der Waals surface area contributed by atoms with Crippen LogP contribution in [0.2, 0.25) is 0 Å². The molecular weight excluding hydrogens is 461 g/mol. The van der Waals surface area contributed by atoms with Crippen molar-refractivity contribution in [2.45, 2.75) is 13.5 Å². The zero-order valence-electron chi connectivity index (χ0n) is 16.9. The predicted octanol–water partition coefficient (Wildman–Crippen LogP) is 3.58. The van der Waals surface area contributed by atoms with Crippen LogP contribution in [0.25, 0.3) is 0 Å². The van der Waals surface area contributed by atoms with E-state index in [9.17, 15) is 14.0 Å². The number of rotatable bonds is 10. The summed E-state index contributed by atoms with van der Waals surface area (Å²) in [7, 11) is 3.09. The Morgan fingerprint density at radius 3 is 2.33 bits per heavy atom. The van der Waals surface area contributed by atoms with Crippen molar-refractivity contribution in [3.63, 3.8) is 0 Å². The number of likely N-dealkylation sites (N-methyl/N-ethyl adjacent to an activating group) is 1. The number of benzene rings is 2. The summed E-state index contributed by atoms with van der Waals surface area (Å²) in [5.41, 5.74) is 0.846. The van der Waals surface area contributed by atoms with Gasteiger partial charge in [0.15, 0.2) is 24.7 Å². The lowest BCUT2D eigenvalue weighted by molar-refractivity contribution is -0.153. The third-order valence-corrected chi connectivity index (χ3v) is 4.77. The summed E-state index contributed by atoms with van der Waals surface area (Å²) in [5.74, 6) is -0.0310. The molecule has 9 heteroatoms. The third kappa shape index (κ3) is 6.62. The topological polar surface area (TPSA) is 74.3 Å². The van der Waals surface area contributed by atoms with Crippen LogP contribution in [0.4, 0.5) is 4.39 Å². The van der Waals surface area contributed by atoms with Gasteiger partial charge in [0, 0.05) is 13.1 Å². The Balaban J connectivity index is 1.86. The van der Waals surface area contributed by atoms with Gasteiger partial charge < -0.3 is 23.8 Å². The van der Waals surface area contributed by atoms with Crippen LogP contribution in [0.15, 0.2) is 40.9 Å². The zero-order chi connectivity index (χ0) is 22.1. The molecule has 0 heterocycles. The van der Waals surface area contributed by atoms with Gasteiger partial charge in [0.2, 0.25) is 0 Å². The maximum Gasteiger partial charge on any atom is 0.344 e. The van der Waals surface area contributed by atoms with Crippen molar-refractivity contribution in [3.05, 3.63) is 52.3 Å². The number of amides is 1. The average molecular weight is 484 g/mol. The summed E-state index contributed by atoms with van der Waals surface area (Å²) in [6, 6.07) is 9.20. The first-order valence-corrected chi connectivity index (χ1v) is 9.89. The number of ether oxygens (including phenoxy) is 4. The number of hydrogen-bond acceptors (Lipinski definition) is 6. The minimum absolute atomic E-state index is 0.295. The van der Waals surface area contributed by atoms with E-state index in [1.165, 1.54) is 25.3 Å². The number of hydrogen-bond donors (Lipinski definition) is 0. The van der Waals surface area contributed by atoms with E-state index >= 15 is 0 Å². The standard InChI is InChI=1S/C21H23BrFNO6/c1-4-24(11-14-5-7-18(27-2)19(9-14)28-3)20(25)12-30-21(26)13-29-17-8-6-15(23)10-16(17)22/h5-10H,4,11-13H2,1-3H3. The van der Waals surface area contributed by atoms with Gasteiger partial charge in [-0.05, 0) is 58.7 Å². The number of carbonyl (C=O) groups is 2. The molecule has 0 saturated heterocycles. The monoisotopic (exact) mass is 483 g/mol. The molecule has 0 saturated carbocycles. The molecule has 0 aliphatic carbocycles. The molecule has 0 unspecified atom stereocenters. The maximum atomic E-state index is 13.1. The highest BCUT2D eigenvalue weighted by atomic mass is 79.9. The lowest BCUT2D eigenvalue weighted by atomic mass is 10.2. The molecule has 0 atom stereocenters. The lowest BCUT2D eigenvalue weighted by Crippen LogP contribution is -2.34. The van der Waals surface area contributed by atoms with E-state index in [1.807, 2.05) is 13.0 Å². The Morgan fingerprint density at radius 2 is 1.70 bits per heavy atom. The molecule has 0 bridgehead atoms. The largest absolute Gasteiger partial charge is 0.493 e. The smallest absolute Gasteiger partial charge is 0.344 e. The summed E-state index contributed by atoms with van der Waals surface area (Å²) in [6.45, 7) is 1.78. The number of methoxy groups -OCH3 is 2. The second-order valence-electron chi connectivity index (χ2n) is 6.12. The number of nitrogens with zero attached hydrogens (tertiary/aromatic N) is 1. The van der Waals surface area contributed by atoms with Crippen LogP contribution in [0.3, 0.4) is 0 Å². The molecule has 30 heavy (non-hydrogen) atoms. The molecule has 2 rings (SSSR count).